The number of hydrogen-bond acceptors (Lipinski definition) is 4. The number of benzene rings is 2. The largest absolute Gasteiger partial charge is 0.396 e. The first-order valence-corrected chi connectivity index (χ1v) is 9.64. The molecule has 0 aliphatic heterocycles. The molecule has 0 unspecified atom stereocenters. The second kappa shape index (κ2) is 11.6. The summed E-state index contributed by atoms with van der Waals surface area (Å²) < 4.78 is 0. The predicted molar refractivity (Wildman–Crippen MR) is 111 cm³/mol. The molecule has 0 radical (unpaired) electrons. The molecule has 0 atom stereocenters. The van der Waals surface area contributed by atoms with E-state index >= 15 is 0 Å². The average Bonchev–Trinajstić information content (AvgIpc) is 2.72. The Morgan fingerprint density at radius 2 is 1.69 bits per heavy atom. The number of rotatable bonds is 9. The van der Waals surface area contributed by atoms with E-state index in [4.69, 9.17) is 5.11 Å². The summed E-state index contributed by atoms with van der Waals surface area (Å²) in [5, 5.41) is 16.6. The molecular weight excluding hydrogens is 370 g/mol. The zero-order chi connectivity index (χ0) is 21.1. The topological polar surface area (TPSA) is 108 Å². The Labute approximate surface area is 170 Å². The maximum absolute atomic E-state index is 12.6. The number of para-hydroxylation sites is 1. The minimum absolute atomic E-state index is 0.108. The van der Waals surface area contributed by atoms with Crippen LogP contribution in [0.25, 0.3) is 0 Å². The van der Waals surface area contributed by atoms with Crippen molar-refractivity contribution < 1.29 is 19.5 Å². The SMILES string of the molecule is Cc1cccc(CNC(=O)c2ccccc2NC(=O)C(=O)NCCCCCO)c1. The molecule has 0 saturated heterocycles. The van der Waals surface area contributed by atoms with Crippen molar-refractivity contribution in [2.45, 2.75) is 32.7 Å². The Morgan fingerprint density at radius 3 is 2.45 bits per heavy atom. The van der Waals surface area contributed by atoms with Gasteiger partial charge in [0.15, 0.2) is 0 Å². The molecule has 7 heteroatoms. The van der Waals surface area contributed by atoms with Gasteiger partial charge in [-0.3, -0.25) is 14.4 Å². The third kappa shape index (κ3) is 7.38. The number of amides is 3. The van der Waals surface area contributed by atoms with Crippen molar-refractivity contribution in [1.29, 1.82) is 0 Å². The van der Waals surface area contributed by atoms with E-state index in [2.05, 4.69) is 16.0 Å². The number of unbranched alkanes of at least 4 members (excludes halogenated alkanes) is 2. The summed E-state index contributed by atoms with van der Waals surface area (Å²) in [5.74, 6) is -1.93. The highest BCUT2D eigenvalue weighted by Crippen LogP contribution is 2.15. The van der Waals surface area contributed by atoms with Crippen LogP contribution < -0.4 is 16.0 Å². The van der Waals surface area contributed by atoms with Crippen molar-refractivity contribution in [1.82, 2.24) is 10.6 Å². The number of anilines is 1. The first kappa shape index (κ1) is 22.1. The number of carbonyl (C=O) groups is 3. The summed E-state index contributed by atoms with van der Waals surface area (Å²) in [4.78, 5) is 36.6. The summed E-state index contributed by atoms with van der Waals surface area (Å²) in [6.45, 7) is 2.80. The van der Waals surface area contributed by atoms with Gasteiger partial charge in [-0.2, -0.15) is 0 Å². The molecule has 7 nitrogen and oxygen atoms in total. The second-order valence-electron chi connectivity index (χ2n) is 6.71. The fourth-order valence-corrected chi connectivity index (χ4v) is 2.76. The van der Waals surface area contributed by atoms with E-state index in [1.54, 1.807) is 24.3 Å². The highest BCUT2D eigenvalue weighted by molar-refractivity contribution is 6.40. The molecule has 0 fully saturated rings. The summed E-state index contributed by atoms with van der Waals surface area (Å²) in [7, 11) is 0. The summed E-state index contributed by atoms with van der Waals surface area (Å²) >= 11 is 0. The quantitative estimate of drug-likeness (QED) is 0.384. The van der Waals surface area contributed by atoms with Crippen LogP contribution in [0.5, 0.6) is 0 Å². The molecule has 0 bridgehead atoms. The smallest absolute Gasteiger partial charge is 0.313 e. The Balaban J connectivity index is 1.92. The van der Waals surface area contributed by atoms with E-state index in [0.29, 0.717) is 25.9 Å². The van der Waals surface area contributed by atoms with Crippen molar-refractivity contribution in [3.63, 3.8) is 0 Å². The minimum Gasteiger partial charge on any atom is -0.396 e. The molecule has 0 spiro atoms. The maximum Gasteiger partial charge on any atom is 0.313 e. The van der Waals surface area contributed by atoms with Gasteiger partial charge < -0.3 is 21.1 Å². The van der Waals surface area contributed by atoms with Gasteiger partial charge in [-0.05, 0) is 43.9 Å². The van der Waals surface area contributed by atoms with Crippen LogP contribution in [0, 0.1) is 6.92 Å². The van der Waals surface area contributed by atoms with Gasteiger partial charge in [-0.1, -0.05) is 42.0 Å². The van der Waals surface area contributed by atoms with Crippen LogP contribution in [0.2, 0.25) is 0 Å². The lowest BCUT2D eigenvalue weighted by Gasteiger charge is -2.12. The minimum atomic E-state index is -0.828. The molecule has 4 N–H and O–H groups in total. The van der Waals surface area contributed by atoms with E-state index < -0.39 is 11.8 Å². The summed E-state index contributed by atoms with van der Waals surface area (Å²) in [6, 6.07) is 14.4. The lowest BCUT2D eigenvalue weighted by atomic mass is 10.1. The fraction of sp³-hybridized carbons (Fsp3) is 0.318. The number of carbonyl (C=O) groups excluding carboxylic acids is 3. The normalized spacial score (nSPS) is 10.3. The van der Waals surface area contributed by atoms with Crippen LogP contribution >= 0.6 is 0 Å². The maximum atomic E-state index is 12.6. The Morgan fingerprint density at radius 1 is 0.897 bits per heavy atom. The molecular formula is C22H27N3O4. The molecule has 2 aromatic carbocycles. The molecule has 3 amide bonds. The van der Waals surface area contributed by atoms with E-state index in [9.17, 15) is 14.4 Å². The van der Waals surface area contributed by atoms with Crippen LogP contribution in [0.1, 0.15) is 40.7 Å². The molecule has 154 valence electrons. The average molecular weight is 397 g/mol. The molecule has 0 saturated carbocycles. The zero-order valence-corrected chi connectivity index (χ0v) is 16.5. The predicted octanol–water partition coefficient (Wildman–Crippen LogP) is 2.14. The number of aliphatic hydroxyl groups is 1. The summed E-state index contributed by atoms with van der Waals surface area (Å²) in [5.41, 5.74) is 2.63. The molecule has 0 aromatic heterocycles. The monoisotopic (exact) mass is 397 g/mol. The number of hydrogen-bond donors (Lipinski definition) is 4. The number of aliphatic hydroxyl groups excluding tert-OH is 1. The third-order valence-corrected chi connectivity index (χ3v) is 4.28. The highest BCUT2D eigenvalue weighted by atomic mass is 16.3. The van der Waals surface area contributed by atoms with Gasteiger partial charge in [0.2, 0.25) is 0 Å². The van der Waals surface area contributed by atoms with Crippen molar-refractivity contribution in [3.05, 3.63) is 65.2 Å². The standard InChI is InChI=1S/C22H27N3O4/c1-16-8-7-9-17(14-16)15-24-20(27)18-10-3-4-11-19(18)25-22(29)21(28)23-12-5-2-6-13-26/h3-4,7-11,14,26H,2,5-6,12-13,15H2,1H3,(H,23,28)(H,24,27)(H,25,29). The van der Waals surface area contributed by atoms with Crippen molar-refractivity contribution >= 4 is 23.4 Å². The highest BCUT2D eigenvalue weighted by Gasteiger charge is 2.17. The molecule has 2 aromatic rings. The molecule has 2 rings (SSSR count). The summed E-state index contributed by atoms with van der Waals surface area (Å²) in [6.07, 6.45) is 2.10. The fourth-order valence-electron chi connectivity index (χ4n) is 2.76. The number of aryl methyl sites for hydroxylation is 1. The van der Waals surface area contributed by atoms with Gasteiger partial charge >= 0.3 is 11.8 Å². The first-order valence-electron chi connectivity index (χ1n) is 9.64. The van der Waals surface area contributed by atoms with Gasteiger partial charge in [-0.25, -0.2) is 0 Å². The van der Waals surface area contributed by atoms with Crippen LogP contribution in [0.4, 0.5) is 5.69 Å². The molecule has 0 aliphatic rings. The van der Waals surface area contributed by atoms with Gasteiger partial charge in [0, 0.05) is 19.7 Å². The van der Waals surface area contributed by atoms with E-state index in [1.807, 2.05) is 31.2 Å². The van der Waals surface area contributed by atoms with E-state index in [0.717, 1.165) is 17.5 Å². The van der Waals surface area contributed by atoms with Crippen LogP contribution in [0.15, 0.2) is 48.5 Å². The second-order valence-corrected chi connectivity index (χ2v) is 6.71. The zero-order valence-electron chi connectivity index (χ0n) is 16.5. The van der Waals surface area contributed by atoms with Gasteiger partial charge in [0.25, 0.3) is 5.91 Å². The first-order chi connectivity index (χ1) is 14.0. The Kier molecular flexibility index (Phi) is 8.85. The van der Waals surface area contributed by atoms with Gasteiger partial charge in [0.1, 0.15) is 0 Å². The molecule has 0 aliphatic carbocycles. The lowest BCUT2D eigenvalue weighted by molar-refractivity contribution is -0.136. The Hall–Kier alpha value is -3.19. The van der Waals surface area contributed by atoms with E-state index in [1.165, 1.54) is 0 Å². The third-order valence-electron chi connectivity index (χ3n) is 4.28. The van der Waals surface area contributed by atoms with Gasteiger partial charge in [-0.15, -0.1) is 0 Å². The van der Waals surface area contributed by atoms with Gasteiger partial charge in [0.05, 0.1) is 11.3 Å². The molecule has 0 heterocycles. The van der Waals surface area contributed by atoms with E-state index in [-0.39, 0.29) is 23.8 Å². The van der Waals surface area contributed by atoms with Crippen molar-refractivity contribution in [3.8, 4) is 0 Å². The van der Waals surface area contributed by atoms with Crippen LogP contribution in [0.3, 0.4) is 0 Å². The molecule has 29 heavy (non-hydrogen) atoms. The number of nitrogens with one attached hydrogen (secondary N) is 3. The lowest BCUT2D eigenvalue weighted by Crippen LogP contribution is -2.36. The van der Waals surface area contributed by atoms with Crippen molar-refractivity contribution in [2.75, 3.05) is 18.5 Å². The Bertz CT molecular complexity index is 851. The van der Waals surface area contributed by atoms with Crippen molar-refractivity contribution in [2.24, 2.45) is 0 Å². The van der Waals surface area contributed by atoms with Crippen LogP contribution in [-0.2, 0) is 16.1 Å². The van der Waals surface area contributed by atoms with Crippen LogP contribution in [-0.4, -0.2) is 36.0 Å².